The molecule has 2 fully saturated rings. The van der Waals surface area contributed by atoms with E-state index in [9.17, 15) is 72.6 Å². The maximum atomic E-state index is 13.5. The second-order valence-corrected chi connectivity index (χ2v) is 27.4. The van der Waals surface area contributed by atoms with Crippen molar-refractivity contribution in [2.24, 2.45) is 0 Å². The first kappa shape index (κ1) is 80.7. The molecule has 576 valence electrons. The molecule has 6 aromatic heterocycles. The summed E-state index contributed by atoms with van der Waals surface area (Å²) in [7, 11) is 5.85. The van der Waals surface area contributed by atoms with Crippen LogP contribution in [0.15, 0.2) is 134 Å². The van der Waals surface area contributed by atoms with Crippen molar-refractivity contribution in [2.75, 3.05) is 98.2 Å². The first-order chi connectivity index (χ1) is 52.8. The van der Waals surface area contributed by atoms with Gasteiger partial charge in [-0.25, -0.2) is 28.1 Å². The summed E-state index contributed by atoms with van der Waals surface area (Å²) in [6.07, 6.45) is 8.16. The number of piperazine rings is 1. The van der Waals surface area contributed by atoms with Gasteiger partial charge < -0.3 is 76.8 Å². The lowest BCUT2D eigenvalue weighted by Gasteiger charge is -2.32. The molecule has 4 aromatic carbocycles. The number of benzene rings is 4. The second kappa shape index (κ2) is 37.3. The van der Waals surface area contributed by atoms with Crippen molar-refractivity contribution in [3.8, 4) is 17.2 Å². The summed E-state index contributed by atoms with van der Waals surface area (Å²) >= 11 is 0. The summed E-state index contributed by atoms with van der Waals surface area (Å²) in [6.45, 7) is 9.64. The van der Waals surface area contributed by atoms with Crippen molar-refractivity contribution in [3.05, 3.63) is 224 Å². The number of amides is 6. The molecule has 0 radical (unpaired) electrons. The zero-order valence-electron chi connectivity index (χ0n) is 61.7. The van der Waals surface area contributed by atoms with Crippen LogP contribution in [0.2, 0.25) is 0 Å². The highest BCUT2D eigenvalue weighted by Gasteiger charge is 2.31. The van der Waals surface area contributed by atoms with Crippen molar-refractivity contribution in [1.29, 1.82) is 0 Å². The smallest absolute Gasteiger partial charge is 0.274 e. The predicted octanol–water partition coefficient (Wildman–Crippen LogP) is 6.74. The van der Waals surface area contributed by atoms with Crippen LogP contribution in [0.3, 0.4) is 0 Å². The Balaban J connectivity index is 0.000000176. The van der Waals surface area contributed by atoms with E-state index in [-0.39, 0.29) is 106 Å². The summed E-state index contributed by atoms with van der Waals surface area (Å²) in [5.41, 5.74) is 5.65. The highest BCUT2D eigenvalue weighted by atomic mass is 19.1. The molecule has 10 aromatic rings. The standard InChI is InChI=1S/C29H30FN5O4.C26H30FN5O4.C25H28FN5O4/c1-17(16-36)33-29(39)26-27(37)24-23(13-20(15-31-24)12-18-4-8-21(30)9-5-18)25(34-26)28(38)32-14-19-6-10-22(11-7-19)35(2)3;1-16(15-33)30-26(36)23-24(34)21-20(13-18(14-29-21)12-17-4-6-19(27)7-5-17)22(31-23)25(35)28-8-11-32-9-2-3-10-32;1-15(14-32)28-24(34)22-23(33)20-19(21(29-22)25(35)31-9-7-30(2)8-10-31)12-17(13-27-20)11-16-3-5-18(26)6-4-16/h4-11,13,15,17,36-37H,12,14,16H2,1-3H3,(H,32,38)(H,33,39);4-7,13-14,16,33-34H,2-3,8-12,15H2,1H3,(H,28,35)(H,30,36);3-6,12-13,15,32-33H,7-11,14H2,1-2H3,(H,28,34). The Kier molecular flexibility index (Phi) is 27.4. The molecule has 3 atom stereocenters. The normalized spacial score (nSPS) is 13.8. The Morgan fingerprint density at radius 3 is 1.15 bits per heavy atom. The van der Waals surface area contributed by atoms with Crippen LogP contribution >= 0.6 is 0 Å². The maximum absolute atomic E-state index is 13.5. The molecule has 3 unspecified atom stereocenters. The summed E-state index contributed by atoms with van der Waals surface area (Å²) in [5.74, 6) is -5.95. The van der Waals surface area contributed by atoms with E-state index < -0.39 is 64.9 Å². The largest absolute Gasteiger partial charge is 0.504 e. The Bertz CT molecular complexity index is 4960. The number of fused-ring (bicyclic) bond motifs is 3. The molecule has 0 aliphatic carbocycles. The number of pyridine rings is 6. The molecule has 27 nitrogen and oxygen atoms in total. The predicted molar refractivity (Wildman–Crippen MR) is 407 cm³/mol. The van der Waals surface area contributed by atoms with E-state index >= 15 is 0 Å². The van der Waals surface area contributed by atoms with Crippen molar-refractivity contribution in [1.82, 2.24) is 71.2 Å². The van der Waals surface area contributed by atoms with Gasteiger partial charge in [-0.1, -0.05) is 48.5 Å². The number of aliphatic hydroxyl groups is 3. The van der Waals surface area contributed by atoms with Gasteiger partial charge in [0, 0.05) is 118 Å². The minimum atomic E-state index is -0.749. The molecule has 6 amide bonds. The van der Waals surface area contributed by atoms with Gasteiger partial charge in [0.15, 0.2) is 34.3 Å². The van der Waals surface area contributed by atoms with Crippen molar-refractivity contribution in [3.63, 3.8) is 0 Å². The lowest BCUT2D eigenvalue weighted by molar-refractivity contribution is 0.0659. The zero-order chi connectivity index (χ0) is 78.9. The molecule has 2 aliphatic heterocycles. The molecular weight excluding hydrogens is 1420 g/mol. The fraction of sp³-hybridized carbons (Fsp3) is 0.325. The number of carbonyl (C=O) groups excluding carboxylic acids is 6. The van der Waals surface area contributed by atoms with E-state index in [4.69, 9.17) is 0 Å². The number of carbonyl (C=O) groups is 6. The van der Waals surface area contributed by atoms with Gasteiger partial charge in [-0.3, -0.25) is 43.7 Å². The minimum absolute atomic E-state index is 0.0256. The minimum Gasteiger partial charge on any atom is -0.504 e. The molecule has 12 rings (SSSR count). The fourth-order valence-electron chi connectivity index (χ4n) is 12.2. The molecule has 30 heteroatoms. The zero-order valence-corrected chi connectivity index (χ0v) is 61.7. The number of nitrogens with one attached hydrogen (secondary N) is 5. The number of aliphatic hydroxyl groups excluding tert-OH is 3. The van der Waals surface area contributed by atoms with Gasteiger partial charge in [-0.05, 0) is 179 Å². The third kappa shape index (κ3) is 20.7. The first-order valence-corrected chi connectivity index (χ1v) is 35.8. The molecule has 0 spiro atoms. The van der Waals surface area contributed by atoms with E-state index in [1.165, 1.54) is 42.6 Å². The van der Waals surface area contributed by atoms with E-state index in [2.05, 4.69) is 66.3 Å². The van der Waals surface area contributed by atoms with Gasteiger partial charge >= 0.3 is 0 Å². The average molecular weight is 1510 g/mol. The quantitative estimate of drug-likeness (QED) is 0.0298. The highest BCUT2D eigenvalue weighted by molar-refractivity contribution is 6.12. The molecule has 11 N–H and O–H groups in total. The lowest BCUT2D eigenvalue weighted by Crippen LogP contribution is -2.47. The van der Waals surface area contributed by atoms with E-state index in [1.807, 2.05) is 50.3 Å². The highest BCUT2D eigenvalue weighted by Crippen LogP contribution is 2.34. The number of aromatic hydroxyl groups is 3. The van der Waals surface area contributed by atoms with E-state index in [0.29, 0.717) is 74.9 Å². The molecule has 0 saturated carbocycles. The average Bonchev–Trinajstić information content (AvgIpc) is 0.802. The Labute approximate surface area is 632 Å². The molecule has 110 heavy (non-hydrogen) atoms. The fourth-order valence-corrected chi connectivity index (χ4v) is 12.2. The summed E-state index contributed by atoms with van der Waals surface area (Å²) in [5, 5.41) is 74.6. The number of hydrogen-bond acceptors (Lipinski definition) is 21. The van der Waals surface area contributed by atoms with Crippen molar-refractivity contribution in [2.45, 2.75) is 77.5 Å². The summed E-state index contributed by atoms with van der Waals surface area (Å²) < 4.78 is 39.9. The Morgan fingerprint density at radius 1 is 0.445 bits per heavy atom. The van der Waals surface area contributed by atoms with Crippen LogP contribution in [-0.2, 0) is 25.8 Å². The number of anilines is 1. The van der Waals surface area contributed by atoms with Crippen LogP contribution in [0, 0.1) is 17.5 Å². The van der Waals surface area contributed by atoms with Gasteiger partial charge in [0.05, 0.1) is 19.8 Å². The number of aromatic nitrogens is 6. The number of likely N-dealkylation sites (tertiary alicyclic amines) is 1. The molecule has 0 bridgehead atoms. The van der Waals surface area contributed by atoms with Gasteiger partial charge in [-0.15, -0.1) is 0 Å². The molecule has 2 saturated heterocycles. The second-order valence-electron chi connectivity index (χ2n) is 27.4. The van der Waals surface area contributed by atoms with Crippen LogP contribution in [0.4, 0.5) is 18.9 Å². The van der Waals surface area contributed by atoms with E-state index in [1.54, 1.807) is 92.7 Å². The van der Waals surface area contributed by atoms with Crippen molar-refractivity contribution < 1.29 is 72.6 Å². The van der Waals surface area contributed by atoms with Crippen LogP contribution in [0.25, 0.3) is 32.7 Å². The first-order valence-electron chi connectivity index (χ1n) is 35.8. The topological polar surface area (TPSA) is 374 Å². The number of rotatable bonds is 24. The Morgan fingerprint density at radius 2 is 0.791 bits per heavy atom. The molecule has 2 aliphatic rings. The maximum Gasteiger partial charge on any atom is 0.274 e. The van der Waals surface area contributed by atoms with Gasteiger partial charge in [0.1, 0.15) is 51.1 Å². The number of likely N-dealkylation sites (N-methyl/N-ethyl adjacent to an activating group) is 1. The summed E-state index contributed by atoms with van der Waals surface area (Å²) in [6, 6.07) is 29.2. The van der Waals surface area contributed by atoms with Gasteiger partial charge in [0.2, 0.25) is 0 Å². The van der Waals surface area contributed by atoms with Crippen LogP contribution in [0.5, 0.6) is 17.2 Å². The van der Waals surface area contributed by atoms with Crippen LogP contribution in [0.1, 0.15) is 135 Å². The third-order valence-corrected chi connectivity index (χ3v) is 18.4. The SMILES string of the molecule is CC(CO)NC(=O)c1nc(C(=O)N2CCN(C)CC2)c2cc(Cc3ccc(F)cc3)cnc2c1O.CC(CO)NC(=O)c1nc(C(=O)NCCN2CCCC2)c2cc(Cc3ccc(F)cc3)cnc2c1O.CC(CO)NC(=O)c1nc(C(=O)NCc2ccc(N(C)C)cc2)c2cc(Cc3ccc(F)cc3)cnc2c1O. The number of hydrogen-bond donors (Lipinski definition) is 11. The lowest BCUT2D eigenvalue weighted by atomic mass is 10.0. The monoisotopic (exact) mass is 1510 g/mol. The van der Waals surface area contributed by atoms with Gasteiger partial charge in [0.25, 0.3) is 35.4 Å². The van der Waals surface area contributed by atoms with Crippen LogP contribution in [-0.4, -0.2) is 222 Å². The Hall–Kier alpha value is -11.8. The third-order valence-electron chi connectivity index (χ3n) is 18.4. The number of nitrogens with zero attached hydrogens (tertiary/aromatic N) is 10. The van der Waals surface area contributed by atoms with Crippen LogP contribution < -0.4 is 31.5 Å². The number of halogens is 3. The summed E-state index contributed by atoms with van der Waals surface area (Å²) in [4.78, 5) is 112. The van der Waals surface area contributed by atoms with E-state index in [0.717, 1.165) is 65.0 Å². The molecular formula is C80H88F3N15O12. The van der Waals surface area contributed by atoms with Gasteiger partial charge in [-0.2, -0.15) is 0 Å². The van der Waals surface area contributed by atoms with Crippen molar-refractivity contribution >= 4 is 73.8 Å². The molecule has 8 heterocycles.